The molecular formula is C15H17ClN2. The molecule has 1 aromatic heterocycles. The third kappa shape index (κ3) is 3.09. The summed E-state index contributed by atoms with van der Waals surface area (Å²) in [4.78, 5) is 4.35. The van der Waals surface area contributed by atoms with Crippen molar-refractivity contribution in [2.45, 2.75) is 25.9 Å². The number of nitrogens with one attached hydrogen (secondary N) is 1. The maximum absolute atomic E-state index is 6.19. The van der Waals surface area contributed by atoms with Gasteiger partial charge in [-0.05, 0) is 37.6 Å². The molecular weight excluding hydrogens is 244 g/mol. The Morgan fingerprint density at radius 3 is 2.39 bits per heavy atom. The zero-order chi connectivity index (χ0) is 13.0. The van der Waals surface area contributed by atoms with Crippen LogP contribution in [-0.2, 0) is 0 Å². The molecule has 0 fully saturated rings. The molecule has 2 atom stereocenters. The lowest BCUT2D eigenvalue weighted by Crippen LogP contribution is -2.23. The van der Waals surface area contributed by atoms with Gasteiger partial charge in [0.05, 0.1) is 5.69 Å². The number of benzene rings is 1. The van der Waals surface area contributed by atoms with Gasteiger partial charge in [0.25, 0.3) is 0 Å². The van der Waals surface area contributed by atoms with E-state index in [9.17, 15) is 0 Å². The van der Waals surface area contributed by atoms with E-state index in [0.717, 1.165) is 16.3 Å². The van der Waals surface area contributed by atoms with Crippen LogP contribution >= 0.6 is 11.6 Å². The Labute approximate surface area is 113 Å². The Kier molecular flexibility index (Phi) is 4.34. The molecule has 18 heavy (non-hydrogen) atoms. The quantitative estimate of drug-likeness (QED) is 0.893. The van der Waals surface area contributed by atoms with E-state index in [1.807, 2.05) is 48.7 Å². The second-order valence-corrected chi connectivity index (χ2v) is 4.79. The summed E-state index contributed by atoms with van der Waals surface area (Å²) in [5.74, 6) is 0. The van der Waals surface area contributed by atoms with Gasteiger partial charge in [0.15, 0.2) is 0 Å². The molecule has 0 bridgehead atoms. The molecule has 2 nitrogen and oxygen atoms in total. The normalized spacial score (nSPS) is 14.2. The average Bonchev–Trinajstić information content (AvgIpc) is 2.40. The first-order valence-electron chi connectivity index (χ1n) is 6.10. The van der Waals surface area contributed by atoms with Gasteiger partial charge in [0, 0.05) is 23.3 Å². The molecule has 2 aromatic rings. The van der Waals surface area contributed by atoms with Crippen LogP contribution in [0.4, 0.5) is 0 Å². The van der Waals surface area contributed by atoms with Gasteiger partial charge >= 0.3 is 0 Å². The standard InChI is InChI=1S/C15H17ClN2/c1-11(13-7-3-4-8-14(13)16)18-12(2)15-9-5-6-10-17-15/h3-12,18H,1-2H3/t11?,12-/m1/s1. The van der Waals surface area contributed by atoms with Crippen molar-refractivity contribution in [1.82, 2.24) is 10.3 Å². The second-order valence-electron chi connectivity index (χ2n) is 4.39. The van der Waals surface area contributed by atoms with Gasteiger partial charge in [-0.1, -0.05) is 35.9 Å². The van der Waals surface area contributed by atoms with Crippen LogP contribution in [0.3, 0.4) is 0 Å². The summed E-state index contributed by atoms with van der Waals surface area (Å²) >= 11 is 6.19. The second kappa shape index (κ2) is 5.98. The molecule has 1 heterocycles. The molecule has 0 aliphatic carbocycles. The molecule has 0 radical (unpaired) electrons. The van der Waals surface area contributed by atoms with Crippen LogP contribution in [0.5, 0.6) is 0 Å². The number of aromatic nitrogens is 1. The van der Waals surface area contributed by atoms with E-state index in [0.29, 0.717) is 0 Å². The minimum atomic E-state index is 0.190. The Morgan fingerprint density at radius 2 is 1.72 bits per heavy atom. The summed E-state index contributed by atoms with van der Waals surface area (Å²) in [6.45, 7) is 4.22. The molecule has 94 valence electrons. The highest BCUT2D eigenvalue weighted by Gasteiger charge is 2.13. The summed E-state index contributed by atoms with van der Waals surface area (Å²) < 4.78 is 0. The van der Waals surface area contributed by atoms with E-state index in [2.05, 4.69) is 24.1 Å². The predicted octanol–water partition coefficient (Wildman–Crippen LogP) is 4.15. The highest BCUT2D eigenvalue weighted by atomic mass is 35.5. The average molecular weight is 261 g/mol. The molecule has 1 unspecified atom stereocenters. The Morgan fingerprint density at radius 1 is 1.00 bits per heavy atom. The van der Waals surface area contributed by atoms with E-state index in [4.69, 9.17) is 11.6 Å². The number of hydrogen-bond donors (Lipinski definition) is 1. The molecule has 0 saturated carbocycles. The fourth-order valence-corrected chi connectivity index (χ4v) is 2.31. The molecule has 1 N–H and O–H groups in total. The lowest BCUT2D eigenvalue weighted by Gasteiger charge is -2.20. The number of halogens is 1. The number of hydrogen-bond acceptors (Lipinski definition) is 2. The largest absolute Gasteiger partial charge is 0.302 e. The first kappa shape index (κ1) is 13.1. The molecule has 0 aliphatic rings. The lowest BCUT2D eigenvalue weighted by atomic mass is 10.1. The summed E-state index contributed by atoms with van der Waals surface area (Å²) in [7, 11) is 0. The van der Waals surface area contributed by atoms with E-state index in [1.54, 1.807) is 0 Å². The van der Waals surface area contributed by atoms with Crippen LogP contribution in [0, 0.1) is 0 Å². The Bertz CT molecular complexity index is 499. The minimum Gasteiger partial charge on any atom is -0.302 e. The number of pyridine rings is 1. The maximum Gasteiger partial charge on any atom is 0.0570 e. The highest BCUT2D eigenvalue weighted by molar-refractivity contribution is 6.31. The van der Waals surface area contributed by atoms with Crippen LogP contribution in [0.15, 0.2) is 48.7 Å². The zero-order valence-corrected chi connectivity index (χ0v) is 11.4. The first-order chi connectivity index (χ1) is 8.68. The van der Waals surface area contributed by atoms with Gasteiger partial charge in [0.1, 0.15) is 0 Å². The van der Waals surface area contributed by atoms with Crippen molar-refractivity contribution in [2.24, 2.45) is 0 Å². The maximum atomic E-state index is 6.19. The summed E-state index contributed by atoms with van der Waals surface area (Å²) in [5.41, 5.74) is 2.15. The molecule has 0 amide bonds. The van der Waals surface area contributed by atoms with Crippen LogP contribution in [-0.4, -0.2) is 4.98 Å². The van der Waals surface area contributed by atoms with Gasteiger partial charge in [-0.2, -0.15) is 0 Å². The van der Waals surface area contributed by atoms with Crippen LogP contribution in [0.2, 0.25) is 5.02 Å². The molecule has 2 rings (SSSR count). The molecule has 3 heteroatoms. The van der Waals surface area contributed by atoms with Crippen molar-refractivity contribution >= 4 is 11.6 Å². The Balaban J connectivity index is 2.08. The smallest absolute Gasteiger partial charge is 0.0570 e. The summed E-state index contributed by atoms with van der Waals surface area (Å²) in [5, 5.41) is 4.30. The van der Waals surface area contributed by atoms with E-state index < -0.39 is 0 Å². The zero-order valence-electron chi connectivity index (χ0n) is 10.6. The van der Waals surface area contributed by atoms with Crippen LogP contribution in [0.1, 0.15) is 37.2 Å². The monoisotopic (exact) mass is 260 g/mol. The topological polar surface area (TPSA) is 24.9 Å². The fourth-order valence-electron chi connectivity index (χ4n) is 2.01. The molecule has 0 saturated heterocycles. The third-order valence-electron chi connectivity index (χ3n) is 3.00. The van der Waals surface area contributed by atoms with Crippen molar-refractivity contribution in [2.75, 3.05) is 0 Å². The first-order valence-corrected chi connectivity index (χ1v) is 6.47. The predicted molar refractivity (Wildman–Crippen MR) is 75.7 cm³/mol. The van der Waals surface area contributed by atoms with Gasteiger partial charge in [-0.25, -0.2) is 0 Å². The Hall–Kier alpha value is -1.38. The van der Waals surface area contributed by atoms with E-state index in [-0.39, 0.29) is 12.1 Å². The van der Waals surface area contributed by atoms with E-state index in [1.165, 1.54) is 0 Å². The van der Waals surface area contributed by atoms with Crippen molar-refractivity contribution in [3.63, 3.8) is 0 Å². The highest BCUT2D eigenvalue weighted by Crippen LogP contribution is 2.24. The van der Waals surface area contributed by atoms with Gasteiger partial charge in [0.2, 0.25) is 0 Å². The summed E-state index contributed by atoms with van der Waals surface area (Å²) in [6.07, 6.45) is 1.81. The van der Waals surface area contributed by atoms with Gasteiger partial charge < -0.3 is 5.32 Å². The lowest BCUT2D eigenvalue weighted by molar-refractivity contribution is 0.486. The minimum absolute atomic E-state index is 0.190. The SMILES string of the molecule is CC(N[C@H](C)c1ccccn1)c1ccccc1Cl. The van der Waals surface area contributed by atoms with Crippen molar-refractivity contribution < 1.29 is 0 Å². The van der Waals surface area contributed by atoms with Gasteiger partial charge in [-0.15, -0.1) is 0 Å². The van der Waals surface area contributed by atoms with Crippen molar-refractivity contribution in [1.29, 1.82) is 0 Å². The van der Waals surface area contributed by atoms with E-state index >= 15 is 0 Å². The third-order valence-corrected chi connectivity index (χ3v) is 3.35. The fraction of sp³-hybridized carbons (Fsp3) is 0.267. The van der Waals surface area contributed by atoms with Crippen LogP contribution < -0.4 is 5.32 Å². The van der Waals surface area contributed by atoms with Gasteiger partial charge in [-0.3, -0.25) is 4.98 Å². The molecule has 0 spiro atoms. The number of rotatable bonds is 4. The van der Waals surface area contributed by atoms with Crippen molar-refractivity contribution in [3.05, 3.63) is 64.9 Å². The molecule has 1 aromatic carbocycles. The number of nitrogens with zero attached hydrogens (tertiary/aromatic N) is 1. The van der Waals surface area contributed by atoms with Crippen LogP contribution in [0.25, 0.3) is 0 Å². The van der Waals surface area contributed by atoms with Crippen molar-refractivity contribution in [3.8, 4) is 0 Å². The molecule has 0 aliphatic heterocycles. The summed E-state index contributed by atoms with van der Waals surface area (Å²) in [6, 6.07) is 14.2.